The first kappa shape index (κ1) is 12.0. The molecule has 0 spiro atoms. The normalized spacial score (nSPS) is 10.0. The van der Waals surface area contributed by atoms with Gasteiger partial charge < -0.3 is 10.6 Å². The molecule has 1 aromatic heterocycles. The number of unbranched alkanes of at least 4 members (excludes halogenated alkanes) is 1. The lowest BCUT2D eigenvalue weighted by molar-refractivity contribution is 0.240. The van der Waals surface area contributed by atoms with Crippen molar-refractivity contribution in [2.45, 2.75) is 33.2 Å². The summed E-state index contributed by atoms with van der Waals surface area (Å²) in [5.74, 6) is 0. The lowest BCUT2D eigenvalue weighted by Gasteiger charge is -2.06. The summed E-state index contributed by atoms with van der Waals surface area (Å²) in [5, 5.41) is 9.82. The Labute approximate surface area is 94.9 Å². The topological polar surface area (TPSA) is 41.1 Å². The van der Waals surface area contributed by atoms with Crippen molar-refractivity contribution in [2.75, 3.05) is 6.54 Å². The minimum atomic E-state index is -0.0750. The molecule has 0 aliphatic heterocycles. The van der Waals surface area contributed by atoms with Crippen molar-refractivity contribution in [1.29, 1.82) is 0 Å². The van der Waals surface area contributed by atoms with E-state index >= 15 is 0 Å². The number of hydrogen-bond acceptors (Lipinski definition) is 2. The predicted octanol–water partition coefficient (Wildman–Crippen LogP) is 2.66. The van der Waals surface area contributed by atoms with Gasteiger partial charge in [0.2, 0.25) is 0 Å². The molecule has 1 heterocycles. The lowest BCUT2D eigenvalue weighted by Crippen LogP contribution is -2.35. The summed E-state index contributed by atoms with van der Waals surface area (Å²) < 4.78 is 0. The van der Waals surface area contributed by atoms with Gasteiger partial charge >= 0.3 is 6.03 Å². The molecule has 0 fully saturated rings. The fourth-order valence-electron chi connectivity index (χ4n) is 1.18. The van der Waals surface area contributed by atoms with Crippen LogP contribution >= 0.6 is 11.3 Å². The Hall–Kier alpha value is -1.03. The maximum absolute atomic E-state index is 11.3. The van der Waals surface area contributed by atoms with E-state index in [1.54, 1.807) is 11.3 Å². The van der Waals surface area contributed by atoms with Gasteiger partial charge in [-0.05, 0) is 35.2 Å². The summed E-state index contributed by atoms with van der Waals surface area (Å²) in [5.41, 5.74) is 2.44. The van der Waals surface area contributed by atoms with Gasteiger partial charge in [0, 0.05) is 13.1 Å². The number of nitrogens with one attached hydrogen (secondary N) is 2. The molecule has 0 bridgehead atoms. The van der Waals surface area contributed by atoms with Crippen molar-refractivity contribution in [3.63, 3.8) is 0 Å². The van der Waals surface area contributed by atoms with E-state index in [9.17, 15) is 4.79 Å². The lowest BCUT2D eigenvalue weighted by atomic mass is 10.2. The zero-order chi connectivity index (χ0) is 11.1. The fraction of sp³-hybridized carbons (Fsp3) is 0.545. The summed E-state index contributed by atoms with van der Waals surface area (Å²) in [6, 6.07) is -0.0750. The van der Waals surface area contributed by atoms with Gasteiger partial charge in [0.1, 0.15) is 0 Å². The van der Waals surface area contributed by atoms with Crippen molar-refractivity contribution in [2.24, 2.45) is 0 Å². The molecular weight excluding hydrogens is 208 g/mol. The second-order valence-corrected chi connectivity index (χ2v) is 4.29. The molecule has 0 radical (unpaired) electrons. The van der Waals surface area contributed by atoms with Gasteiger partial charge in [-0.25, -0.2) is 4.79 Å². The Morgan fingerprint density at radius 1 is 1.40 bits per heavy atom. The summed E-state index contributed by atoms with van der Waals surface area (Å²) in [6.45, 7) is 5.54. The van der Waals surface area contributed by atoms with Crippen molar-refractivity contribution < 1.29 is 4.79 Å². The number of hydrogen-bond donors (Lipinski definition) is 2. The SMILES string of the molecule is CCCCNC(=O)NCc1cscc1C. The van der Waals surface area contributed by atoms with Crippen molar-refractivity contribution in [1.82, 2.24) is 10.6 Å². The van der Waals surface area contributed by atoms with Crippen LogP contribution in [0.4, 0.5) is 4.79 Å². The van der Waals surface area contributed by atoms with Crippen molar-refractivity contribution in [3.05, 3.63) is 21.9 Å². The Kier molecular flexibility index (Phi) is 5.18. The summed E-state index contributed by atoms with van der Waals surface area (Å²) in [6.07, 6.45) is 2.13. The average molecular weight is 226 g/mol. The van der Waals surface area contributed by atoms with Gasteiger partial charge in [-0.3, -0.25) is 0 Å². The minimum absolute atomic E-state index is 0.0750. The molecule has 0 aromatic carbocycles. The Morgan fingerprint density at radius 2 is 2.20 bits per heavy atom. The van der Waals surface area contributed by atoms with Crippen LogP contribution in [-0.2, 0) is 6.54 Å². The molecule has 0 unspecified atom stereocenters. The van der Waals surface area contributed by atoms with E-state index in [0.29, 0.717) is 6.54 Å². The molecule has 0 aliphatic carbocycles. The van der Waals surface area contributed by atoms with E-state index < -0.39 is 0 Å². The highest BCUT2D eigenvalue weighted by Gasteiger charge is 2.02. The monoisotopic (exact) mass is 226 g/mol. The quantitative estimate of drug-likeness (QED) is 0.745. The number of thiophene rings is 1. The Bertz CT molecular complexity index is 309. The van der Waals surface area contributed by atoms with Gasteiger partial charge in [-0.1, -0.05) is 13.3 Å². The molecule has 0 atom stereocenters. The molecule has 4 heteroatoms. The minimum Gasteiger partial charge on any atom is -0.338 e. The molecule has 2 N–H and O–H groups in total. The van der Waals surface area contributed by atoms with E-state index in [1.165, 1.54) is 11.1 Å². The van der Waals surface area contributed by atoms with Crippen LogP contribution in [0.1, 0.15) is 30.9 Å². The van der Waals surface area contributed by atoms with E-state index in [0.717, 1.165) is 19.4 Å². The van der Waals surface area contributed by atoms with Crippen molar-refractivity contribution in [3.8, 4) is 0 Å². The van der Waals surface area contributed by atoms with Gasteiger partial charge in [0.15, 0.2) is 0 Å². The molecule has 15 heavy (non-hydrogen) atoms. The molecule has 3 nitrogen and oxygen atoms in total. The summed E-state index contributed by atoms with van der Waals surface area (Å²) >= 11 is 1.67. The van der Waals surface area contributed by atoms with Gasteiger partial charge in [-0.15, -0.1) is 0 Å². The first-order valence-corrected chi connectivity index (χ1v) is 6.21. The van der Waals surface area contributed by atoms with Gasteiger partial charge in [-0.2, -0.15) is 11.3 Å². The molecule has 84 valence electrons. The van der Waals surface area contributed by atoms with Crippen LogP contribution in [0.25, 0.3) is 0 Å². The molecule has 2 amide bonds. The van der Waals surface area contributed by atoms with Crippen LogP contribution in [0.5, 0.6) is 0 Å². The first-order valence-electron chi connectivity index (χ1n) is 5.27. The van der Waals surface area contributed by atoms with Crippen LogP contribution in [0.2, 0.25) is 0 Å². The van der Waals surface area contributed by atoms with E-state index in [-0.39, 0.29) is 6.03 Å². The summed E-state index contributed by atoms with van der Waals surface area (Å²) in [7, 11) is 0. The zero-order valence-electron chi connectivity index (χ0n) is 9.30. The van der Waals surface area contributed by atoms with E-state index in [4.69, 9.17) is 0 Å². The third kappa shape index (κ3) is 4.34. The number of aryl methyl sites for hydroxylation is 1. The molecule has 0 saturated carbocycles. The number of carbonyl (C=O) groups excluding carboxylic acids is 1. The number of urea groups is 1. The zero-order valence-corrected chi connectivity index (χ0v) is 10.1. The second-order valence-electron chi connectivity index (χ2n) is 3.54. The van der Waals surface area contributed by atoms with E-state index in [1.807, 2.05) is 0 Å². The van der Waals surface area contributed by atoms with Crippen LogP contribution in [-0.4, -0.2) is 12.6 Å². The van der Waals surface area contributed by atoms with Crippen LogP contribution < -0.4 is 10.6 Å². The van der Waals surface area contributed by atoms with Gasteiger partial charge in [0.25, 0.3) is 0 Å². The van der Waals surface area contributed by atoms with Crippen LogP contribution in [0.3, 0.4) is 0 Å². The number of carbonyl (C=O) groups is 1. The highest BCUT2D eigenvalue weighted by Crippen LogP contribution is 2.12. The highest BCUT2D eigenvalue weighted by molar-refractivity contribution is 7.08. The fourth-order valence-corrected chi connectivity index (χ4v) is 2.04. The molecule has 1 rings (SSSR count). The third-order valence-electron chi connectivity index (χ3n) is 2.22. The number of rotatable bonds is 5. The molecule has 0 saturated heterocycles. The Balaban J connectivity index is 2.20. The maximum Gasteiger partial charge on any atom is 0.315 e. The summed E-state index contributed by atoms with van der Waals surface area (Å²) in [4.78, 5) is 11.3. The predicted molar refractivity (Wildman–Crippen MR) is 64.2 cm³/mol. The average Bonchev–Trinajstić information content (AvgIpc) is 2.61. The maximum atomic E-state index is 11.3. The van der Waals surface area contributed by atoms with E-state index in [2.05, 4.69) is 35.2 Å². The molecular formula is C11H18N2OS. The largest absolute Gasteiger partial charge is 0.338 e. The standard InChI is InChI=1S/C11H18N2OS/c1-3-4-5-12-11(14)13-6-10-8-15-7-9(10)2/h7-8H,3-6H2,1-2H3,(H2,12,13,14). The Morgan fingerprint density at radius 3 is 2.80 bits per heavy atom. The third-order valence-corrected chi connectivity index (χ3v) is 3.13. The molecule has 1 aromatic rings. The molecule has 0 aliphatic rings. The van der Waals surface area contributed by atoms with Crippen LogP contribution in [0, 0.1) is 6.92 Å². The van der Waals surface area contributed by atoms with Crippen molar-refractivity contribution >= 4 is 17.4 Å². The second kappa shape index (κ2) is 6.45. The van der Waals surface area contributed by atoms with Crippen LogP contribution in [0.15, 0.2) is 10.8 Å². The highest BCUT2D eigenvalue weighted by atomic mass is 32.1. The van der Waals surface area contributed by atoms with Gasteiger partial charge in [0.05, 0.1) is 0 Å². The first-order chi connectivity index (χ1) is 7.24. The smallest absolute Gasteiger partial charge is 0.315 e. The number of amides is 2.